The minimum Gasteiger partial charge on any atom is -0.493 e. The molecule has 1 aliphatic rings. The molecule has 38 heavy (non-hydrogen) atoms. The van der Waals surface area contributed by atoms with Crippen molar-refractivity contribution in [2.45, 2.75) is 26.8 Å². The van der Waals surface area contributed by atoms with E-state index in [1.54, 1.807) is 56.3 Å². The third-order valence-electron chi connectivity index (χ3n) is 5.83. The van der Waals surface area contributed by atoms with Crippen LogP contribution in [0.2, 0.25) is 0 Å². The third kappa shape index (κ3) is 5.06. The lowest BCUT2D eigenvalue weighted by molar-refractivity contribution is -0.139. The number of para-hydroxylation sites is 2. The lowest BCUT2D eigenvalue weighted by Crippen LogP contribution is -2.40. The molecule has 0 N–H and O–H groups in total. The van der Waals surface area contributed by atoms with Gasteiger partial charge in [0, 0.05) is 11.1 Å². The Morgan fingerprint density at radius 1 is 1.13 bits per heavy atom. The predicted molar refractivity (Wildman–Crippen MR) is 142 cm³/mol. The van der Waals surface area contributed by atoms with Gasteiger partial charge in [-0.05, 0) is 39.0 Å². The van der Waals surface area contributed by atoms with Crippen LogP contribution in [-0.2, 0) is 9.53 Å². The number of nitrogens with zero attached hydrogens (tertiary/aromatic N) is 3. The maximum atomic E-state index is 13.9. The molecule has 1 aromatic heterocycles. The number of benzene rings is 2. The van der Waals surface area contributed by atoms with Gasteiger partial charge in [-0.25, -0.2) is 9.79 Å². The van der Waals surface area contributed by atoms with Crippen LogP contribution in [0.25, 0.3) is 6.08 Å². The van der Waals surface area contributed by atoms with E-state index in [9.17, 15) is 9.59 Å². The van der Waals surface area contributed by atoms with Gasteiger partial charge >= 0.3 is 5.97 Å². The number of esters is 1. The first kappa shape index (κ1) is 26.7. The van der Waals surface area contributed by atoms with Crippen LogP contribution < -0.4 is 29.1 Å². The molecule has 0 amide bonds. The van der Waals surface area contributed by atoms with E-state index in [0.29, 0.717) is 50.0 Å². The maximum Gasteiger partial charge on any atom is 0.338 e. The first-order valence-corrected chi connectivity index (χ1v) is 12.8. The first-order chi connectivity index (χ1) is 18.4. The first-order valence-electron chi connectivity index (χ1n) is 12.0. The van der Waals surface area contributed by atoms with Gasteiger partial charge in [-0.3, -0.25) is 9.36 Å². The van der Waals surface area contributed by atoms with Crippen molar-refractivity contribution < 1.29 is 23.7 Å². The molecule has 0 fully saturated rings. The lowest BCUT2D eigenvalue weighted by atomic mass is 9.94. The molecule has 0 unspecified atom stereocenters. The second-order valence-corrected chi connectivity index (χ2v) is 9.11. The van der Waals surface area contributed by atoms with E-state index in [1.165, 1.54) is 23.0 Å². The van der Waals surface area contributed by atoms with Crippen LogP contribution in [-0.4, -0.2) is 37.5 Å². The molecule has 0 bridgehead atoms. The van der Waals surface area contributed by atoms with Crippen molar-refractivity contribution >= 4 is 23.4 Å². The quantitative estimate of drug-likeness (QED) is 0.389. The molecule has 0 spiro atoms. The zero-order valence-electron chi connectivity index (χ0n) is 21.5. The number of hydrogen-bond acceptors (Lipinski definition) is 9. The molecule has 4 rings (SSSR count). The Hall–Kier alpha value is -4.36. The summed E-state index contributed by atoms with van der Waals surface area (Å²) in [6.07, 6.45) is 1.70. The molecule has 10 heteroatoms. The number of rotatable bonds is 9. The van der Waals surface area contributed by atoms with Gasteiger partial charge in [-0.2, -0.15) is 5.26 Å². The lowest BCUT2D eigenvalue weighted by Gasteiger charge is -2.26. The smallest absolute Gasteiger partial charge is 0.338 e. The Balaban J connectivity index is 2.00. The molecule has 3 aromatic rings. The summed E-state index contributed by atoms with van der Waals surface area (Å²) in [5.74, 6) is 0.830. The van der Waals surface area contributed by atoms with Crippen LogP contribution in [0.1, 0.15) is 37.9 Å². The fourth-order valence-electron chi connectivity index (χ4n) is 4.28. The van der Waals surface area contributed by atoms with E-state index in [0.717, 1.165) is 0 Å². The minimum atomic E-state index is -0.853. The van der Waals surface area contributed by atoms with E-state index in [2.05, 4.69) is 4.99 Å². The average molecular weight is 534 g/mol. The van der Waals surface area contributed by atoms with Crippen molar-refractivity contribution in [1.82, 2.24) is 4.57 Å². The number of fused-ring (bicyclic) bond motifs is 1. The van der Waals surface area contributed by atoms with Crippen molar-refractivity contribution in [2.75, 3.05) is 26.9 Å². The van der Waals surface area contributed by atoms with E-state index in [4.69, 9.17) is 24.2 Å². The summed E-state index contributed by atoms with van der Waals surface area (Å²) in [6.45, 7) is 5.70. The summed E-state index contributed by atoms with van der Waals surface area (Å²) in [5.41, 5.74) is 1.58. The number of hydrogen-bond donors (Lipinski definition) is 0. The zero-order valence-corrected chi connectivity index (χ0v) is 22.3. The van der Waals surface area contributed by atoms with Crippen LogP contribution in [0, 0.1) is 11.3 Å². The van der Waals surface area contributed by atoms with E-state index in [-0.39, 0.29) is 24.3 Å². The van der Waals surface area contributed by atoms with Crippen molar-refractivity contribution in [2.24, 2.45) is 4.99 Å². The van der Waals surface area contributed by atoms with Gasteiger partial charge in [0.25, 0.3) is 5.56 Å². The molecule has 2 aromatic carbocycles. The van der Waals surface area contributed by atoms with Gasteiger partial charge < -0.3 is 18.9 Å². The fraction of sp³-hybridized carbons (Fsp3) is 0.286. The van der Waals surface area contributed by atoms with Crippen LogP contribution in [0.5, 0.6) is 17.2 Å². The highest BCUT2D eigenvalue weighted by Crippen LogP contribution is 2.40. The Labute approximate surface area is 223 Å². The zero-order chi connectivity index (χ0) is 27.2. The summed E-state index contributed by atoms with van der Waals surface area (Å²) in [5, 5.41) is 8.92. The summed E-state index contributed by atoms with van der Waals surface area (Å²) < 4.78 is 24.3. The maximum absolute atomic E-state index is 13.9. The standard InChI is InChI=1S/C28H27N3O6S/c1-5-35-25-19(11-9-13-21(25)34-4)24-23(27(33)36-6-2)17(3)30-28-31(24)26(32)22(38-28)16-18-10-7-8-12-20(18)37-15-14-29/h7-13,16,24H,5-6,15H2,1-4H3/b22-16+/t24-/m0/s1. The Bertz CT molecular complexity index is 1610. The highest BCUT2D eigenvalue weighted by Gasteiger charge is 2.36. The highest BCUT2D eigenvalue weighted by molar-refractivity contribution is 7.07. The third-order valence-corrected chi connectivity index (χ3v) is 6.81. The molecule has 0 saturated carbocycles. The van der Waals surface area contributed by atoms with Gasteiger partial charge in [0.1, 0.15) is 17.9 Å². The second-order valence-electron chi connectivity index (χ2n) is 8.10. The van der Waals surface area contributed by atoms with Crippen molar-refractivity contribution in [1.29, 1.82) is 5.26 Å². The van der Waals surface area contributed by atoms with Gasteiger partial charge in [-0.15, -0.1) is 0 Å². The van der Waals surface area contributed by atoms with Gasteiger partial charge in [0.2, 0.25) is 0 Å². The molecule has 2 heterocycles. The number of nitriles is 1. The molecule has 9 nitrogen and oxygen atoms in total. The van der Waals surface area contributed by atoms with Crippen molar-refractivity contribution in [3.63, 3.8) is 0 Å². The Kier molecular flexibility index (Phi) is 8.28. The molecule has 0 radical (unpaired) electrons. The van der Waals surface area contributed by atoms with Gasteiger partial charge in [0.15, 0.2) is 22.9 Å². The number of allylic oxidation sites excluding steroid dienone is 1. The van der Waals surface area contributed by atoms with E-state index >= 15 is 0 Å². The number of carbonyl (C=O) groups excluding carboxylic acids is 1. The molecule has 196 valence electrons. The molecule has 0 saturated heterocycles. The molecule has 1 aliphatic heterocycles. The molecular weight excluding hydrogens is 506 g/mol. The second kappa shape index (κ2) is 11.8. The molecule has 0 aliphatic carbocycles. The largest absolute Gasteiger partial charge is 0.493 e. The molecular formula is C28H27N3O6S. The fourth-order valence-corrected chi connectivity index (χ4v) is 5.31. The summed E-state index contributed by atoms with van der Waals surface area (Å²) in [4.78, 5) is 32.2. The van der Waals surface area contributed by atoms with E-state index < -0.39 is 12.0 Å². The van der Waals surface area contributed by atoms with E-state index in [1.807, 2.05) is 19.1 Å². The number of aromatic nitrogens is 1. The number of ether oxygens (including phenoxy) is 4. The van der Waals surface area contributed by atoms with Crippen LogP contribution in [0.3, 0.4) is 0 Å². The number of thiazole rings is 1. The summed E-state index contributed by atoms with van der Waals surface area (Å²) in [6, 6.07) is 13.6. The van der Waals surface area contributed by atoms with Crippen LogP contribution in [0.15, 0.2) is 63.5 Å². The predicted octanol–water partition coefficient (Wildman–Crippen LogP) is 3.11. The summed E-state index contributed by atoms with van der Waals surface area (Å²) in [7, 11) is 1.53. The van der Waals surface area contributed by atoms with Crippen molar-refractivity contribution in [3.8, 4) is 23.3 Å². The minimum absolute atomic E-state index is 0.121. The highest BCUT2D eigenvalue weighted by atomic mass is 32.1. The topological polar surface area (TPSA) is 112 Å². The van der Waals surface area contributed by atoms with Gasteiger partial charge in [-0.1, -0.05) is 41.7 Å². The monoisotopic (exact) mass is 533 g/mol. The number of carbonyl (C=O) groups is 1. The number of methoxy groups -OCH3 is 1. The molecule has 1 atom stereocenters. The summed E-state index contributed by atoms with van der Waals surface area (Å²) >= 11 is 1.20. The SMILES string of the molecule is CCOC(=O)C1=C(C)N=c2s/c(=C/c3ccccc3OCC#N)c(=O)n2[C@H]1c1cccc(OC)c1OCC. The van der Waals surface area contributed by atoms with Crippen LogP contribution >= 0.6 is 11.3 Å². The van der Waals surface area contributed by atoms with Crippen LogP contribution in [0.4, 0.5) is 0 Å². The van der Waals surface area contributed by atoms with Crippen molar-refractivity contribution in [3.05, 3.63) is 84.5 Å². The van der Waals surface area contributed by atoms with Gasteiger partial charge in [0.05, 0.1) is 36.1 Å². The normalized spacial score (nSPS) is 14.8. The Morgan fingerprint density at radius 3 is 2.61 bits per heavy atom. The average Bonchev–Trinajstić information content (AvgIpc) is 3.22. The Morgan fingerprint density at radius 2 is 1.89 bits per heavy atom.